The lowest BCUT2D eigenvalue weighted by atomic mass is 9.30. The van der Waals surface area contributed by atoms with Gasteiger partial charge >= 0.3 is 0 Å². The first-order valence-electron chi connectivity index (χ1n) is 25.1. The molecule has 9 rings (SSSR count). The van der Waals surface area contributed by atoms with Crippen molar-refractivity contribution in [3.8, 4) is 0 Å². The molecule has 4 saturated heterocycles. The first-order chi connectivity index (χ1) is 31.4. The van der Waals surface area contributed by atoms with E-state index in [2.05, 4.69) is 41.5 Å². The molecule has 18 nitrogen and oxygen atoms in total. The Morgan fingerprint density at radius 3 is 2.00 bits per heavy atom. The van der Waals surface area contributed by atoms with Gasteiger partial charge in [-0.3, -0.25) is 0 Å². The van der Waals surface area contributed by atoms with Crippen molar-refractivity contribution >= 4 is 0 Å². The predicted octanol–water partition coefficient (Wildman–Crippen LogP) is 1.09. The smallest absolute Gasteiger partial charge is 0.187 e. The summed E-state index contributed by atoms with van der Waals surface area (Å²) in [6, 6.07) is 0. The maximum absolute atomic E-state index is 12.4. The zero-order valence-corrected chi connectivity index (χ0v) is 40.9. The summed E-state index contributed by atoms with van der Waals surface area (Å²) in [5.41, 5.74) is -1.63. The normalized spacial score (nSPS) is 57.3. The molecule has 18 heteroatoms. The molecule has 1 spiro atoms. The summed E-state index contributed by atoms with van der Waals surface area (Å²) in [7, 11) is 3.44. The van der Waals surface area contributed by atoms with Crippen molar-refractivity contribution in [1.29, 1.82) is 0 Å². The minimum Gasteiger partial charge on any atom is -0.394 e. The van der Waals surface area contributed by atoms with E-state index >= 15 is 0 Å². The van der Waals surface area contributed by atoms with Crippen molar-refractivity contribution in [2.45, 2.75) is 223 Å². The number of hydrogen-bond donors (Lipinski definition) is 9. The number of methoxy groups -OCH3 is 2. The largest absolute Gasteiger partial charge is 0.394 e. The molecule has 5 aliphatic carbocycles. The van der Waals surface area contributed by atoms with E-state index in [1.54, 1.807) is 14.2 Å². The van der Waals surface area contributed by atoms with Crippen LogP contribution in [-0.4, -0.2) is 190 Å². The summed E-state index contributed by atoms with van der Waals surface area (Å²) in [6.07, 6.45) is -13.2. The first kappa shape index (κ1) is 51.2. The van der Waals surface area contributed by atoms with Gasteiger partial charge in [0.2, 0.25) is 0 Å². The molecule has 9 fully saturated rings. The van der Waals surface area contributed by atoms with Crippen molar-refractivity contribution in [1.82, 2.24) is 0 Å². The van der Waals surface area contributed by atoms with Crippen molar-refractivity contribution in [3.05, 3.63) is 0 Å². The van der Waals surface area contributed by atoms with Gasteiger partial charge in [0, 0.05) is 30.5 Å². The Labute approximate surface area is 394 Å². The van der Waals surface area contributed by atoms with E-state index in [0.717, 1.165) is 57.8 Å². The molecule has 9 aliphatic rings. The van der Waals surface area contributed by atoms with Gasteiger partial charge in [-0.25, -0.2) is 0 Å². The lowest BCUT2D eigenvalue weighted by Gasteiger charge is -2.75. The second-order valence-electron chi connectivity index (χ2n) is 24.1. The van der Waals surface area contributed by atoms with E-state index in [4.69, 9.17) is 42.6 Å². The average Bonchev–Trinajstić information content (AvgIpc) is 3.56. The number of fused-ring (bicyclic) bond motifs is 4. The SMILES string of the molecule is COC(OC)C1(C)CCC23COC4(CCC5C6(C)CCC(OC7OCC(OC8OC(CO)C(O)C(O)C8OC8OC(C)C(O)C(O)C8O)C(O)C7O)C(C)(C)C6CCC5(C)C4(C)CC2O)C3C1. The van der Waals surface area contributed by atoms with Gasteiger partial charge in [0.15, 0.2) is 25.2 Å². The van der Waals surface area contributed by atoms with Crippen LogP contribution in [0.25, 0.3) is 0 Å². The quantitative estimate of drug-likeness (QED) is 0.110. The van der Waals surface area contributed by atoms with Gasteiger partial charge in [-0.15, -0.1) is 0 Å². The van der Waals surface area contributed by atoms with Crippen LogP contribution in [0.3, 0.4) is 0 Å². The summed E-state index contributed by atoms with van der Waals surface area (Å²) >= 11 is 0. The second kappa shape index (κ2) is 17.7. The molecule has 0 aromatic rings. The van der Waals surface area contributed by atoms with Crippen LogP contribution in [0.4, 0.5) is 0 Å². The van der Waals surface area contributed by atoms with E-state index in [-0.39, 0.29) is 68.9 Å². The van der Waals surface area contributed by atoms with Crippen molar-refractivity contribution in [2.75, 3.05) is 34.0 Å². The van der Waals surface area contributed by atoms with E-state index in [0.29, 0.717) is 18.9 Å². The van der Waals surface area contributed by atoms with Gasteiger partial charge in [-0.05, 0) is 105 Å². The van der Waals surface area contributed by atoms with Crippen molar-refractivity contribution < 1.29 is 88.6 Å². The average molecular weight is 959 g/mol. The molecule has 5 saturated carbocycles. The maximum Gasteiger partial charge on any atom is 0.187 e. The molecule has 9 N–H and O–H groups in total. The Kier molecular flexibility index (Phi) is 13.6. The van der Waals surface area contributed by atoms with Gasteiger partial charge in [-0.2, -0.15) is 0 Å². The van der Waals surface area contributed by atoms with Crippen LogP contribution >= 0.6 is 0 Å². The van der Waals surface area contributed by atoms with Crippen LogP contribution in [0, 0.1) is 50.2 Å². The molecular weight excluding hydrogens is 877 g/mol. The zero-order valence-electron chi connectivity index (χ0n) is 40.9. The lowest BCUT2D eigenvalue weighted by Crippen LogP contribution is -2.74. The van der Waals surface area contributed by atoms with Gasteiger partial charge in [0.25, 0.3) is 0 Å². The molecule has 0 radical (unpaired) electrons. The van der Waals surface area contributed by atoms with Gasteiger partial charge in [0.05, 0.1) is 43.7 Å². The molecule has 386 valence electrons. The molecule has 4 heterocycles. The van der Waals surface area contributed by atoms with Crippen LogP contribution in [0.5, 0.6) is 0 Å². The predicted molar refractivity (Wildman–Crippen MR) is 234 cm³/mol. The topological polar surface area (TPSA) is 265 Å². The Hall–Kier alpha value is -0.720. The number of rotatable bonds is 10. The van der Waals surface area contributed by atoms with Crippen LogP contribution in [0.15, 0.2) is 0 Å². The molecule has 25 unspecified atom stereocenters. The highest BCUT2D eigenvalue weighted by atomic mass is 16.8. The van der Waals surface area contributed by atoms with E-state index in [1.807, 2.05) is 0 Å². The number of aliphatic hydroxyl groups is 9. The van der Waals surface area contributed by atoms with E-state index in [9.17, 15) is 46.0 Å². The fourth-order valence-electron chi connectivity index (χ4n) is 16.9. The Morgan fingerprint density at radius 1 is 0.627 bits per heavy atom. The third-order valence-electron chi connectivity index (χ3n) is 20.9. The third-order valence-corrected chi connectivity index (χ3v) is 20.9. The van der Waals surface area contributed by atoms with Gasteiger partial charge in [-0.1, -0.05) is 41.5 Å². The maximum atomic E-state index is 12.4. The van der Waals surface area contributed by atoms with E-state index in [1.165, 1.54) is 6.92 Å². The van der Waals surface area contributed by atoms with Crippen LogP contribution < -0.4 is 0 Å². The van der Waals surface area contributed by atoms with Gasteiger partial charge in [0.1, 0.15) is 61.0 Å². The van der Waals surface area contributed by atoms with Crippen molar-refractivity contribution in [2.24, 2.45) is 50.2 Å². The summed E-state index contributed by atoms with van der Waals surface area (Å²) in [5.74, 6) is 0.813. The highest BCUT2D eigenvalue weighted by molar-refractivity contribution is 5.28. The number of aliphatic hydroxyl groups excluding tert-OH is 9. The fourth-order valence-corrected chi connectivity index (χ4v) is 16.9. The summed E-state index contributed by atoms with van der Waals surface area (Å²) in [6.45, 7) is 15.3. The highest BCUT2D eigenvalue weighted by Gasteiger charge is 2.80. The molecule has 0 aromatic carbocycles. The number of hydrogen-bond acceptors (Lipinski definition) is 18. The summed E-state index contributed by atoms with van der Waals surface area (Å²) < 4.78 is 55.2. The van der Waals surface area contributed by atoms with Crippen LogP contribution in [0.1, 0.15) is 113 Å². The van der Waals surface area contributed by atoms with Crippen LogP contribution in [-0.2, 0) is 42.6 Å². The Balaban J connectivity index is 0.884. The fraction of sp³-hybridized carbons (Fsp3) is 1.00. The monoisotopic (exact) mass is 959 g/mol. The van der Waals surface area contributed by atoms with E-state index < -0.39 is 98.7 Å². The molecule has 4 aliphatic heterocycles. The molecule has 0 amide bonds. The summed E-state index contributed by atoms with van der Waals surface area (Å²) in [4.78, 5) is 0. The lowest BCUT2D eigenvalue weighted by molar-refractivity contribution is -0.382. The zero-order chi connectivity index (χ0) is 48.6. The second-order valence-corrected chi connectivity index (χ2v) is 24.1. The molecule has 67 heavy (non-hydrogen) atoms. The molecule has 0 aromatic heterocycles. The minimum atomic E-state index is -1.76. The molecular formula is C49H82O18. The highest BCUT2D eigenvalue weighted by Crippen LogP contribution is 2.80. The first-order valence-corrected chi connectivity index (χ1v) is 25.1. The minimum absolute atomic E-state index is 0.0559. The Morgan fingerprint density at radius 2 is 1.31 bits per heavy atom. The number of ether oxygens (including phenoxy) is 9. The van der Waals surface area contributed by atoms with Gasteiger partial charge < -0.3 is 88.6 Å². The summed E-state index contributed by atoms with van der Waals surface area (Å²) in [5, 5.41) is 98.5. The third kappa shape index (κ3) is 7.37. The Bertz CT molecular complexity index is 1770. The molecule has 2 bridgehead atoms. The van der Waals surface area contributed by atoms with Crippen LogP contribution in [0.2, 0.25) is 0 Å². The van der Waals surface area contributed by atoms with Crippen molar-refractivity contribution in [3.63, 3.8) is 0 Å². The molecule has 25 atom stereocenters. The standard InChI is InChI=1S/C49H82O18/c1-23-31(52)34(55)37(58)40(63-23)67-38-35(56)32(53)24(20-50)64-41(38)65-25-21-61-39(36(57)33(25)54)66-30-12-13-45(5)26(43(30,2)3)10-14-46(6)27(45)11-15-49-28-18-44(4,42(59-8)60-9)16-17-48(28,22-62-49)29(51)19-47(46,49)7/h23-42,50-58H,10-22H2,1-9H3.